The Hall–Kier alpha value is 0. The Bertz CT molecular complexity index is 61.0. The Kier molecular flexibility index (Phi) is 2.15. The van der Waals surface area contributed by atoms with Gasteiger partial charge >= 0.3 is 0 Å². The number of rotatable bonds is 0. The van der Waals surface area contributed by atoms with E-state index in [1.807, 2.05) is 0 Å². The van der Waals surface area contributed by atoms with Crippen molar-refractivity contribution in [3.63, 3.8) is 0 Å². The Balaban J connectivity index is 2.34. The van der Waals surface area contributed by atoms with Crippen LogP contribution in [-0.2, 0) is 0 Å². The molecule has 2 unspecified atom stereocenters. The van der Waals surface area contributed by atoms with Gasteiger partial charge in [0.1, 0.15) is 0 Å². The summed E-state index contributed by atoms with van der Waals surface area (Å²) in [4.78, 5) is 0. The van der Waals surface area contributed by atoms with Gasteiger partial charge in [-0.25, -0.2) is 0 Å². The first-order chi connectivity index (χ1) is 4.18. The van der Waals surface area contributed by atoms with Crippen molar-refractivity contribution in [3.8, 4) is 0 Å². The fourth-order valence-electron chi connectivity index (χ4n) is 2.11. The fraction of sp³-hybridized carbons (Fsp3) is 0.889. The van der Waals surface area contributed by atoms with E-state index < -0.39 is 0 Å². The molecule has 1 rings (SSSR count). The van der Waals surface area contributed by atoms with Gasteiger partial charge in [-0.1, -0.05) is 20.8 Å². The molecule has 0 aromatic carbocycles. The summed E-state index contributed by atoms with van der Waals surface area (Å²) in [5, 5.41) is 0. The Morgan fingerprint density at radius 2 is 1.44 bits per heavy atom. The summed E-state index contributed by atoms with van der Waals surface area (Å²) >= 11 is 0. The molecule has 0 heterocycles. The molecular weight excluding hydrogens is 108 g/mol. The highest BCUT2D eigenvalue weighted by Crippen LogP contribution is 2.31. The van der Waals surface area contributed by atoms with Crippen molar-refractivity contribution in [1.82, 2.24) is 0 Å². The van der Waals surface area contributed by atoms with E-state index in [4.69, 9.17) is 0 Å². The van der Waals surface area contributed by atoms with Gasteiger partial charge in [-0.15, -0.1) is 0 Å². The molecule has 1 fully saturated rings. The second-order valence-electron chi connectivity index (χ2n) is 3.78. The van der Waals surface area contributed by atoms with Crippen molar-refractivity contribution in [2.75, 3.05) is 0 Å². The largest absolute Gasteiger partial charge is 0.0625 e. The van der Waals surface area contributed by atoms with Gasteiger partial charge in [0.05, 0.1) is 0 Å². The lowest BCUT2D eigenvalue weighted by molar-refractivity contribution is 0.251. The SMILES string of the molecule is [CH2]C1CC(C)CC(C)C1. The minimum atomic E-state index is 0.740. The highest BCUT2D eigenvalue weighted by atomic mass is 14.3. The molecule has 1 radical (unpaired) electrons. The lowest BCUT2D eigenvalue weighted by Crippen LogP contribution is -2.17. The predicted molar refractivity (Wildman–Crippen MR) is 41.0 cm³/mol. The Morgan fingerprint density at radius 1 is 1.00 bits per heavy atom. The zero-order valence-electron chi connectivity index (χ0n) is 6.56. The third kappa shape index (κ3) is 2.00. The van der Waals surface area contributed by atoms with E-state index in [1.54, 1.807) is 0 Å². The zero-order valence-corrected chi connectivity index (χ0v) is 6.56. The van der Waals surface area contributed by atoms with Gasteiger partial charge in [-0.2, -0.15) is 0 Å². The van der Waals surface area contributed by atoms with Crippen molar-refractivity contribution in [2.24, 2.45) is 17.8 Å². The zero-order chi connectivity index (χ0) is 6.85. The number of hydrogen-bond acceptors (Lipinski definition) is 0. The molecule has 1 aliphatic carbocycles. The molecule has 0 aromatic heterocycles. The van der Waals surface area contributed by atoms with Crippen molar-refractivity contribution in [2.45, 2.75) is 33.1 Å². The van der Waals surface area contributed by atoms with Crippen molar-refractivity contribution >= 4 is 0 Å². The number of hydrogen-bond donors (Lipinski definition) is 0. The third-order valence-corrected chi connectivity index (χ3v) is 2.28. The molecule has 0 nitrogen and oxygen atoms in total. The monoisotopic (exact) mass is 125 g/mol. The summed E-state index contributed by atoms with van der Waals surface area (Å²) in [5.41, 5.74) is 0. The van der Waals surface area contributed by atoms with Gasteiger partial charge in [-0.05, 0) is 37.0 Å². The molecule has 0 amide bonds. The Morgan fingerprint density at radius 3 is 1.78 bits per heavy atom. The minimum absolute atomic E-state index is 0.740. The lowest BCUT2D eigenvalue weighted by atomic mass is 9.78. The molecule has 0 aromatic rings. The smallest absolute Gasteiger partial charge is 0.0409 e. The summed E-state index contributed by atoms with van der Waals surface area (Å²) in [7, 11) is 0. The average molecular weight is 125 g/mol. The van der Waals surface area contributed by atoms with Crippen LogP contribution in [0, 0.1) is 24.7 Å². The molecule has 0 N–H and O–H groups in total. The van der Waals surface area contributed by atoms with E-state index in [0.717, 1.165) is 17.8 Å². The van der Waals surface area contributed by atoms with Crippen LogP contribution in [0.5, 0.6) is 0 Å². The van der Waals surface area contributed by atoms with Gasteiger partial charge in [0.25, 0.3) is 0 Å². The lowest BCUT2D eigenvalue weighted by Gasteiger charge is -2.28. The molecule has 1 aliphatic rings. The highest BCUT2D eigenvalue weighted by Gasteiger charge is 2.19. The molecule has 0 heteroatoms. The second kappa shape index (κ2) is 2.72. The minimum Gasteiger partial charge on any atom is -0.0625 e. The molecule has 0 spiro atoms. The maximum Gasteiger partial charge on any atom is -0.0409 e. The van der Waals surface area contributed by atoms with Crippen LogP contribution in [0.1, 0.15) is 33.1 Å². The predicted octanol–water partition coefficient (Wildman–Crippen LogP) is 2.89. The van der Waals surface area contributed by atoms with Gasteiger partial charge in [0.15, 0.2) is 0 Å². The molecule has 1 saturated carbocycles. The van der Waals surface area contributed by atoms with Crippen molar-refractivity contribution < 1.29 is 0 Å². The van der Waals surface area contributed by atoms with Crippen LogP contribution in [0.4, 0.5) is 0 Å². The first kappa shape index (κ1) is 7.11. The van der Waals surface area contributed by atoms with Gasteiger partial charge in [-0.3, -0.25) is 0 Å². The van der Waals surface area contributed by atoms with Crippen LogP contribution >= 0.6 is 0 Å². The molecule has 0 aliphatic heterocycles. The molecule has 0 saturated heterocycles. The third-order valence-electron chi connectivity index (χ3n) is 2.28. The summed E-state index contributed by atoms with van der Waals surface area (Å²) < 4.78 is 0. The van der Waals surface area contributed by atoms with Crippen LogP contribution in [0.2, 0.25) is 0 Å². The Labute approximate surface area is 58.7 Å². The topological polar surface area (TPSA) is 0 Å². The first-order valence-electron chi connectivity index (χ1n) is 4.01. The quantitative estimate of drug-likeness (QED) is 0.467. The first-order valence-corrected chi connectivity index (χ1v) is 4.01. The van der Waals surface area contributed by atoms with E-state index >= 15 is 0 Å². The average Bonchev–Trinajstić information content (AvgIpc) is 1.59. The van der Waals surface area contributed by atoms with Crippen molar-refractivity contribution in [3.05, 3.63) is 6.92 Å². The highest BCUT2D eigenvalue weighted by molar-refractivity contribution is 4.75. The van der Waals surface area contributed by atoms with E-state index in [9.17, 15) is 0 Å². The fourth-order valence-corrected chi connectivity index (χ4v) is 2.11. The second-order valence-corrected chi connectivity index (χ2v) is 3.78. The maximum absolute atomic E-state index is 4.10. The van der Waals surface area contributed by atoms with E-state index in [1.165, 1.54) is 19.3 Å². The van der Waals surface area contributed by atoms with E-state index in [-0.39, 0.29) is 0 Å². The standard InChI is InChI=1S/C9H17/c1-7-4-8(2)6-9(3)5-7/h7-9H,1,4-6H2,2-3H3. The normalized spacial score (nSPS) is 45.0. The van der Waals surface area contributed by atoms with E-state index in [0.29, 0.717) is 0 Å². The summed E-state index contributed by atoms with van der Waals surface area (Å²) in [5.74, 6) is 2.59. The molecular formula is C9H17. The van der Waals surface area contributed by atoms with Gasteiger partial charge in [0, 0.05) is 0 Å². The van der Waals surface area contributed by atoms with Gasteiger partial charge < -0.3 is 0 Å². The van der Waals surface area contributed by atoms with Crippen molar-refractivity contribution in [1.29, 1.82) is 0 Å². The molecule has 0 bridgehead atoms. The molecule has 9 heavy (non-hydrogen) atoms. The van der Waals surface area contributed by atoms with Crippen LogP contribution in [0.3, 0.4) is 0 Å². The van der Waals surface area contributed by atoms with E-state index in [2.05, 4.69) is 20.8 Å². The molecule has 53 valence electrons. The van der Waals surface area contributed by atoms with Crippen LogP contribution in [0.15, 0.2) is 0 Å². The van der Waals surface area contributed by atoms with Crippen LogP contribution < -0.4 is 0 Å². The summed E-state index contributed by atoms with van der Waals surface area (Å²) in [6, 6.07) is 0. The summed E-state index contributed by atoms with van der Waals surface area (Å²) in [6.45, 7) is 8.78. The summed E-state index contributed by atoms with van der Waals surface area (Å²) in [6.07, 6.45) is 4.13. The van der Waals surface area contributed by atoms with Crippen LogP contribution in [-0.4, -0.2) is 0 Å². The maximum atomic E-state index is 4.10. The van der Waals surface area contributed by atoms with Crippen LogP contribution in [0.25, 0.3) is 0 Å². The molecule has 2 atom stereocenters. The van der Waals surface area contributed by atoms with Gasteiger partial charge in [0.2, 0.25) is 0 Å².